The van der Waals surface area contributed by atoms with Crippen molar-refractivity contribution in [2.75, 3.05) is 50.6 Å². The van der Waals surface area contributed by atoms with Gasteiger partial charge in [0, 0.05) is 30.3 Å². The van der Waals surface area contributed by atoms with Gasteiger partial charge in [0.05, 0.1) is 13.7 Å². The molecule has 0 saturated carbocycles. The molecular weight excluding hydrogens is 748 g/mol. The van der Waals surface area contributed by atoms with Crippen LogP contribution >= 0.6 is 0 Å². The fourth-order valence-electron chi connectivity index (χ4n) is 5.73. The van der Waals surface area contributed by atoms with Crippen molar-refractivity contribution in [3.8, 4) is 11.8 Å². The topological polar surface area (TPSA) is 178 Å². The molecule has 1 aliphatic heterocycles. The highest BCUT2D eigenvalue weighted by Gasteiger charge is 2.33. The number of hydrogen-bond acceptors (Lipinski definition) is 13. The number of halogens is 3. The number of unbranched alkanes of at least 4 members (excludes halogenated alkanes) is 3. The zero-order chi connectivity index (χ0) is 41.4. The van der Waals surface area contributed by atoms with Crippen molar-refractivity contribution in [2.24, 2.45) is 5.92 Å². The van der Waals surface area contributed by atoms with Gasteiger partial charge in [0.2, 0.25) is 11.9 Å². The summed E-state index contributed by atoms with van der Waals surface area (Å²) in [7, 11) is 7.20. The van der Waals surface area contributed by atoms with E-state index in [9.17, 15) is 27.6 Å². The van der Waals surface area contributed by atoms with Crippen LogP contribution in [-0.4, -0.2) is 103 Å². The Hall–Kier alpha value is -5.33. The minimum atomic E-state index is -4.62. The number of aromatic nitrogens is 3. The summed E-state index contributed by atoms with van der Waals surface area (Å²) in [5, 5.41) is 11.4. The highest BCUT2D eigenvalue weighted by molar-refractivity contribution is 6.04. The summed E-state index contributed by atoms with van der Waals surface area (Å²) in [6, 6.07) is 11.9. The van der Waals surface area contributed by atoms with Gasteiger partial charge in [-0.05, 0) is 102 Å². The Bertz CT molecular complexity index is 1750. The van der Waals surface area contributed by atoms with Crippen LogP contribution in [0, 0.1) is 5.92 Å². The van der Waals surface area contributed by atoms with Crippen LogP contribution in [0.3, 0.4) is 0 Å². The number of benzene rings is 2. The molecule has 2 heterocycles. The number of alkyl carbamates (subject to hydrolysis) is 1. The second-order valence-corrected chi connectivity index (χ2v) is 14.4. The molecule has 1 fully saturated rings. The van der Waals surface area contributed by atoms with Crippen LogP contribution in [0.4, 0.5) is 35.5 Å². The number of piperidine rings is 1. The molecule has 1 saturated heterocycles. The molecule has 2 atom stereocenters. The maximum atomic E-state index is 13.1. The van der Waals surface area contributed by atoms with Gasteiger partial charge in [-0.15, -0.1) is 0 Å². The lowest BCUT2D eigenvalue weighted by Gasteiger charge is -2.34. The molecule has 2 aromatic carbocycles. The second-order valence-electron chi connectivity index (χ2n) is 14.4. The van der Waals surface area contributed by atoms with Crippen LogP contribution in [0.5, 0.6) is 11.8 Å². The minimum Gasteiger partial charge on any atom is -0.494 e. The Morgan fingerprint density at radius 1 is 0.930 bits per heavy atom. The number of ether oxygens (including phenoxy) is 4. The van der Waals surface area contributed by atoms with Gasteiger partial charge in [-0.2, -0.15) is 28.1 Å². The predicted molar refractivity (Wildman–Crippen MR) is 206 cm³/mol. The maximum absolute atomic E-state index is 13.1. The fourth-order valence-corrected chi connectivity index (χ4v) is 5.73. The van der Waals surface area contributed by atoms with E-state index in [-0.39, 0.29) is 29.9 Å². The highest BCUT2D eigenvalue weighted by Crippen LogP contribution is 2.23. The van der Waals surface area contributed by atoms with Crippen molar-refractivity contribution in [1.82, 2.24) is 30.4 Å². The number of esters is 1. The maximum Gasteiger partial charge on any atom is 0.422 e. The number of methoxy groups -OCH3 is 1. The molecular formula is C38H50BF3N8O7. The van der Waals surface area contributed by atoms with Crippen molar-refractivity contribution in [3.05, 3.63) is 59.7 Å². The fraction of sp³-hybridized carbons (Fsp3) is 0.526. The lowest BCUT2D eigenvalue weighted by molar-refractivity contribution is -0.154. The van der Waals surface area contributed by atoms with Crippen LogP contribution < -0.4 is 30.7 Å². The first-order chi connectivity index (χ1) is 27.1. The Labute approximate surface area is 331 Å². The van der Waals surface area contributed by atoms with Crippen molar-refractivity contribution >= 4 is 43.5 Å². The Morgan fingerprint density at radius 3 is 2.30 bits per heavy atom. The number of alkyl halides is 3. The van der Waals surface area contributed by atoms with Gasteiger partial charge in [-0.3, -0.25) is 4.79 Å². The van der Waals surface area contributed by atoms with E-state index in [2.05, 4.69) is 36.2 Å². The van der Waals surface area contributed by atoms with Gasteiger partial charge < -0.3 is 45.0 Å². The molecule has 1 aliphatic rings. The predicted octanol–water partition coefficient (Wildman–Crippen LogP) is 5.70. The number of amides is 2. The highest BCUT2D eigenvalue weighted by atomic mass is 19.4. The molecule has 15 nitrogen and oxygen atoms in total. The average molecular weight is 799 g/mol. The first-order valence-corrected chi connectivity index (χ1v) is 18.7. The first-order valence-electron chi connectivity index (χ1n) is 18.7. The normalized spacial score (nSPS) is 15.2. The molecule has 1 aromatic heterocycles. The number of carbonyl (C=O) groups excluding carboxylic acids is 3. The van der Waals surface area contributed by atoms with Gasteiger partial charge in [-0.1, -0.05) is 25.0 Å². The summed E-state index contributed by atoms with van der Waals surface area (Å²) in [4.78, 5) is 51.2. The first kappa shape index (κ1) is 44.4. The van der Waals surface area contributed by atoms with E-state index >= 15 is 0 Å². The van der Waals surface area contributed by atoms with Crippen molar-refractivity contribution < 1.29 is 46.5 Å². The molecule has 2 amide bonds. The molecule has 4 rings (SSSR count). The Balaban J connectivity index is 1.29. The molecule has 57 heavy (non-hydrogen) atoms. The van der Waals surface area contributed by atoms with E-state index in [4.69, 9.17) is 26.9 Å². The van der Waals surface area contributed by atoms with E-state index in [1.54, 1.807) is 16.9 Å². The van der Waals surface area contributed by atoms with E-state index in [1.165, 1.54) is 19.2 Å². The third-order valence-corrected chi connectivity index (χ3v) is 8.47. The lowest BCUT2D eigenvalue weighted by Crippen LogP contribution is -2.51. The van der Waals surface area contributed by atoms with Crippen LogP contribution in [0.15, 0.2) is 48.5 Å². The zero-order valence-corrected chi connectivity index (χ0v) is 32.6. The van der Waals surface area contributed by atoms with Gasteiger partial charge in [0.1, 0.15) is 17.4 Å². The average Bonchev–Trinajstić information content (AvgIpc) is 3.15. The quantitative estimate of drug-likeness (QED) is 0.0661. The monoisotopic (exact) mass is 798 g/mol. The van der Waals surface area contributed by atoms with Gasteiger partial charge in [0.25, 0.3) is 5.91 Å². The zero-order valence-electron chi connectivity index (χ0n) is 32.6. The molecule has 0 bridgehead atoms. The number of carbonyl (C=O) groups is 3. The SMILES string of the molecule is [B]N1CCCC(C(NC(=O)c2ccc(Nc3nc(NCc4ccc(OCCCCCCNC(=O)OC(C)(C)C)cc4)nc(OCC(F)(F)F)n3)cc2)C(=O)OC)C1. The van der Waals surface area contributed by atoms with E-state index in [0.717, 1.165) is 37.7 Å². The third-order valence-electron chi connectivity index (χ3n) is 8.47. The largest absolute Gasteiger partial charge is 0.494 e. The van der Waals surface area contributed by atoms with Crippen LogP contribution in [0.25, 0.3) is 0 Å². The summed E-state index contributed by atoms with van der Waals surface area (Å²) in [6.07, 6.45) is -0.0340. The number of hydrogen-bond donors (Lipinski definition) is 4. The summed E-state index contributed by atoms with van der Waals surface area (Å²) >= 11 is 0. The van der Waals surface area contributed by atoms with E-state index < -0.39 is 48.4 Å². The molecule has 3 aromatic rings. The van der Waals surface area contributed by atoms with E-state index in [1.807, 2.05) is 45.0 Å². The van der Waals surface area contributed by atoms with Crippen molar-refractivity contribution in [2.45, 2.75) is 83.7 Å². The molecule has 19 heteroatoms. The van der Waals surface area contributed by atoms with Gasteiger partial charge >= 0.3 is 24.2 Å². The summed E-state index contributed by atoms with van der Waals surface area (Å²) < 4.78 is 59.7. The minimum absolute atomic E-state index is 0.0464. The molecule has 0 spiro atoms. The molecule has 2 radical (unpaired) electrons. The van der Waals surface area contributed by atoms with Crippen LogP contribution in [0.2, 0.25) is 0 Å². The molecule has 308 valence electrons. The summed E-state index contributed by atoms with van der Waals surface area (Å²) in [5.74, 6) is -0.778. The molecule has 0 aliphatic carbocycles. The van der Waals surface area contributed by atoms with E-state index in [0.29, 0.717) is 44.1 Å². The standard InChI is InChI=1S/C38H50BF3N8O7/c1-37(2,3)57-36(53)43-19-7-5-6-8-21-55-29-17-11-25(12-18-29)22-44-33-47-34(49-35(48-33)56-24-38(40,41)42)45-28-15-13-26(14-16-28)31(51)46-30(32(52)54-4)27-10-9-20-50(39)23-27/h11-18,27,30H,5-10,19-24H2,1-4H3,(H,43,53)(H,46,51)(H2,44,45,47,48,49). The number of anilines is 3. The molecule has 4 N–H and O–H groups in total. The smallest absolute Gasteiger partial charge is 0.422 e. The lowest BCUT2D eigenvalue weighted by atomic mass is 9.89. The Kier molecular flexibility index (Phi) is 16.6. The van der Waals surface area contributed by atoms with Crippen molar-refractivity contribution in [3.63, 3.8) is 0 Å². The second kappa shape index (κ2) is 21.3. The summed E-state index contributed by atoms with van der Waals surface area (Å²) in [5.41, 5.74) is 0.950. The van der Waals surface area contributed by atoms with Crippen LogP contribution in [0.1, 0.15) is 75.2 Å². The number of nitrogens with one attached hydrogen (secondary N) is 4. The van der Waals surface area contributed by atoms with Crippen LogP contribution in [-0.2, 0) is 20.8 Å². The Morgan fingerprint density at radius 2 is 1.63 bits per heavy atom. The molecule has 2 unspecified atom stereocenters. The number of rotatable bonds is 19. The summed E-state index contributed by atoms with van der Waals surface area (Å²) in [6.45, 7) is 6.24. The number of nitrogens with zero attached hydrogens (tertiary/aromatic N) is 4. The third kappa shape index (κ3) is 16.4. The van der Waals surface area contributed by atoms with Gasteiger partial charge in [-0.25, -0.2) is 9.59 Å². The van der Waals surface area contributed by atoms with Crippen molar-refractivity contribution in [1.29, 1.82) is 0 Å². The van der Waals surface area contributed by atoms with Gasteiger partial charge in [0.15, 0.2) is 14.6 Å².